The summed E-state index contributed by atoms with van der Waals surface area (Å²) in [6.45, 7) is 2.34. The Bertz CT molecular complexity index is 999. The van der Waals surface area contributed by atoms with Crippen molar-refractivity contribution >= 4 is 23.9 Å². The molecule has 30 heavy (non-hydrogen) atoms. The van der Waals surface area contributed by atoms with Crippen LogP contribution in [-0.4, -0.2) is 42.4 Å². The van der Waals surface area contributed by atoms with Crippen LogP contribution >= 0.6 is 0 Å². The van der Waals surface area contributed by atoms with Gasteiger partial charge in [0.15, 0.2) is 0 Å². The molecule has 1 aliphatic heterocycles. The van der Waals surface area contributed by atoms with Crippen LogP contribution in [0.15, 0.2) is 54.1 Å². The zero-order valence-corrected chi connectivity index (χ0v) is 16.5. The van der Waals surface area contributed by atoms with Gasteiger partial charge in [-0.05, 0) is 42.3 Å². The smallest absolute Gasteiger partial charge is 0.348 e. The highest BCUT2D eigenvalue weighted by Crippen LogP contribution is 2.22. The number of fused-ring (bicyclic) bond motifs is 1. The monoisotopic (exact) mass is 404 g/mol. The van der Waals surface area contributed by atoms with E-state index in [0.29, 0.717) is 29.0 Å². The molecule has 0 bridgehead atoms. The van der Waals surface area contributed by atoms with Gasteiger partial charge in [-0.1, -0.05) is 31.2 Å². The van der Waals surface area contributed by atoms with Crippen LogP contribution in [0, 0.1) is 11.3 Å². The summed E-state index contributed by atoms with van der Waals surface area (Å²) in [6.07, 6.45) is 2.31. The normalized spacial score (nSPS) is 13.1. The Labute approximate surface area is 174 Å². The van der Waals surface area contributed by atoms with Crippen LogP contribution in [-0.2, 0) is 9.53 Å². The number of nitrogens with zero attached hydrogens (tertiary/aromatic N) is 2. The van der Waals surface area contributed by atoms with E-state index in [1.807, 2.05) is 13.0 Å². The van der Waals surface area contributed by atoms with E-state index in [9.17, 15) is 19.6 Å². The molecule has 0 saturated heterocycles. The fraction of sp³-hybridized carbons (Fsp3) is 0.217. The molecule has 0 N–H and O–H groups in total. The van der Waals surface area contributed by atoms with Gasteiger partial charge in [0.05, 0.1) is 24.3 Å². The fourth-order valence-corrected chi connectivity index (χ4v) is 2.93. The zero-order chi connectivity index (χ0) is 21.5. The Morgan fingerprint density at radius 1 is 1.03 bits per heavy atom. The van der Waals surface area contributed by atoms with Crippen molar-refractivity contribution in [1.82, 2.24) is 4.90 Å². The summed E-state index contributed by atoms with van der Waals surface area (Å²) in [7, 11) is 0. The molecule has 0 radical (unpaired) electrons. The highest BCUT2D eigenvalue weighted by molar-refractivity contribution is 6.21. The number of hydrogen-bond acceptors (Lipinski definition) is 6. The van der Waals surface area contributed by atoms with Gasteiger partial charge in [-0.3, -0.25) is 14.5 Å². The molecule has 0 saturated carbocycles. The third-order valence-electron chi connectivity index (χ3n) is 4.43. The minimum atomic E-state index is -0.819. The van der Waals surface area contributed by atoms with Crippen LogP contribution in [0.3, 0.4) is 0 Å². The number of esters is 1. The Morgan fingerprint density at radius 2 is 1.67 bits per heavy atom. The maximum atomic E-state index is 12.3. The van der Waals surface area contributed by atoms with Crippen molar-refractivity contribution in [2.75, 3.05) is 19.8 Å². The number of hydrogen-bond donors (Lipinski definition) is 0. The number of carbonyl (C=O) groups is 3. The van der Waals surface area contributed by atoms with Crippen LogP contribution in [0.25, 0.3) is 6.08 Å². The average molecular weight is 404 g/mol. The lowest BCUT2D eigenvalue weighted by Crippen LogP contribution is -2.33. The van der Waals surface area contributed by atoms with E-state index in [4.69, 9.17) is 9.47 Å². The summed E-state index contributed by atoms with van der Waals surface area (Å²) in [4.78, 5) is 37.8. The molecular formula is C23H20N2O5. The van der Waals surface area contributed by atoms with Crippen molar-refractivity contribution in [1.29, 1.82) is 5.26 Å². The second-order valence-electron chi connectivity index (χ2n) is 6.53. The van der Waals surface area contributed by atoms with Gasteiger partial charge in [-0.15, -0.1) is 0 Å². The number of carbonyl (C=O) groups excluding carboxylic acids is 3. The molecule has 7 heteroatoms. The maximum absolute atomic E-state index is 12.3. The molecule has 7 nitrogen and oxygen atoms in total. The van der Waals surface area contributed by atoms with Crippen LogP contribution in [0.5, 0.6) is 5.75 Å². The van der Waals surface area contributed by atoms with Gasteiger partial charge < -0.3 is 9.47 Å². The summed E-state index contributed by atoms with van der Waals surface area (Å²) >= 11 is 0. The Kier molecular flexibility index (Phi) is 6.60. The lowest BCUT2D eigenvalue weighted by Gasteiger charge is -2.13. The Balaban J connectivity index is 1.57. The summed E-state index contributed by atoms with van der Waals surface area (Å²) in [5.74, 6) is -0.961. The van der Waals surface area contributed by atoms with Crippen molar-refractivity contribution in [3.05, 3.63) is 70.8 Å². The first-order chi connectivity index (χ1) is 14.5. The first-order valence-electron chi connectivity index (χ1n) is 9.52. The molecule has 1 aliphatic rings. The van der Waals surface area contributed by atoms with Gasteiger partial charge in [0.2, 0.25) is 0 Å². The highest BCUT2D eigenvalue weighted by Gasteiger charge is 2.34. The topological polar surface area (TPSA) is 96.7 Å². The molecule has 0 aromatic heterocycles. The van der Waals surface area contributed by atoms with Gasteiger partial charge in [-0.2, -0.15) is 5.26 Å². The molecule has 2 amide bonds. The van der Waals surface area contributed by atoms with E-state index < -0.39 is 17.8 Å². The van der Waals surface area contributed by atoms with E-state index in [1.165, 1.54) is 6.08 Å². The Morgan fingerprint density at radius 3 is 2.23 bits per heavy atom. The van der Waals surface area contributed by atoms with Crippen LogP contribution in [0.1, 0.15) is 39.6 Å². The number of amides is 2. The standard InChI is InChI=1S/C23H20N2O5/c1-2-12-29-18-9-7-16(8-10-18)14-17(15-24)23(28)30-13-11-25-21(26)19-5-3-4-6-20(19)22(25)27/h3-10,14H,2,11-13H2,1H3/b17-14-. The Hall–Kier alpha value is -3.92. The van der Waals surface area contributed by atoms with Gasteiger partial charge in [-0.25, -0.2) is 4.79 Å². The van der Waals surface area contributed by atoms with E-state index in [-0.39, 0.29) is 18.7 Å². The van der Waals surface area contributed by atoms with Crippen molar-refractivity contribution in [2.45, 2.75) is 13.3 Å². The molecule has 0 fully saturated rings. The predicted molar refractivity (Wildman–Crippen MR) is 109 cm³/mol. The number of benzene rings is 2. The second kappa shape index (κ2) is 9.52. The van der Waals surface area contributed by atoms with Gasteiger partial charge in [0.1, 0.15) is 24.0 Å². The minimum absolute atomic E-state index is 0.0831. The SMILES string of the molecule is CCCOc1ccc(/C=C(/C#N)C(=O)OCCN2C(=O)c3ccccc3C2=O)cc1. The van der Waals surface area contributed by atoms with Crippen LogP contribution < -0.4 is 4.74 Å². The highest BCUT2D eigenvalue weighted by atomic mass is 16.5. The molecule has 2 aromatic rings. The molecule has 2 aromatic carbocycles. The fourth-order valence-electron chi connectivity index (χ4n) is 2.93. The molecule has 0 atom stereocenters. The summed E-state index contributed by atoms with van der Waals surface area (Å²) in [6, 6.07) is 15.3. The summed E-state index contributed by atoms with van der Waals surface area (Å²) in [5.41, 5.74) is 1.13. The lowest BCUT2D eigenvalue weighted by atomic mass is 10.1. The van der Waals surface area contributed by atoms with E-state index >= 15 is 0 Å². The molecule has 152 valence electrons. The van der Waals surface area contributed by atoms with Crippen LogP contribution in [0.2, 0.25) is 0 Å². The summed E-state index contributed by atoms with van der Waals surface area (Å²) in [5, 5.41) is 9.28. The zero-order valence-electron chi connectivity index (χ0n) is 16.5. The van der Waals surface area contributed by atoms with Gasteiger partial charge in [0.25, 0.3) is 11.8 Å². The van der Waals surface area contributed by atoms with Crippen LogP contribution in [0.4, 0.5) is 0 Å². The van der Waals surface area contributed by atoms with Crippen molar-refractivity contribution in [3.8, 4) is 11.8 Å². The van der Waals surface area contributed by atoms with Crippen molar-refractivity contribution in [3.63, 3.8) is 0 Å². The quantitative estimate of drug-likeness (QED) is 0.290. The minimum Gasteiger partial charge on any atom is -0.494 e. The largest absolute Gasteiger partial charge is 0.494 e. The average Bonchev–Trinajstić information content (AvgIpc) is 3.01. The van der Waals surface area contributed by atoms with Gasteiger partial charge >= 0.3 is 5.97 Å². The molecular weight excluding hydrogens is 384 g/mol. The van der Waals surface area contributed by atoms with Crippen molar-refractivity contribution < 1.29 is 23.9 Å². The lowest BCUT2D eigenvalue weighted by molar-refractivity contribution is -0.138. The molecule has 0 unspecified atom stereocenters. The predicted octanol–water partition coefficient (Wildman–Crippen LogP) is 3.22. The third-order valence-corrected chi connectivity index (χ3v) is 4.43. The van der Waals surface area contributed by atoms with Gasteiger partial charge in [0, 0.05) is 0 Å². The second-order valence-corrected chi connectivity index (χ2v) is 6.53. The van der Waals surface area contributed by atoms with E-state index in [2.05, 4.69) is 0 Å². The van der Waals surface area contributed by atoms with E-state index in [0.717, 1.165) is 11.3 Å². The third kappa shape index (κ3) is 4.55. The number of imide groups is 1. The first kappa shape index (κ1) is 20.8. The molecule has 3 rings (SSSR count). The number of rotatable bonds is 8. The number of ether oxygens (including phenoxy) is 2. The number of nitriles is 1. The summed E-state index contributed by atoms with van der Waals surface area (Å²) < 4.78 is 10.6. The molecule has 0 aliphatic carbocycles. The molecule has 0 spiro atoms. The first-order valence-corrected chi connectivity index (χ1v) is 9.52. The molecule has 1 heterocycles. The van der Waals surface area contributed by atoms with E-state index in [1.54, 1.807) is 48.5 Å². The maximum Gasteiger partial charge on any atom is 0.348 e. The van der Waals surface area contributed by atoms with Crippen molar-refractivity contribution in [2.24, 2.45) is 0 Å².